The fraction of sp³-hybridized carbons (Fsp3) is 0.455. The molecule has 0 saturated heterocycles. The number of sulfonamides is 1. The average molecular weight is 312 g/mol. The molecule has 1 aromatic rings. The second-order valence-electron chi connectivity index (χ2n) is 3.90. The second-order valence-corrected chi connectivity index (χ2v) is 5.95. The Bertz CT molecular complexity index is 552. The highest BCUT2D eigenvalue weighted by Gasteiger charge is 2.22. The van der Waals surface area contributed by atoms with Gasteiger partial charge in [0, 0.05) is 20.1 Å². The standard InChI is InChI=1S/C11H15F3N2O3S/c1-15-5-6-16(2)20(17,18)8-3-4-10(9(12)7-8)19-11(13)14/h3-4,7,11,15H,5-6H2,1-2H3. The highest BCUT2D eigenvalue weighted by atomic mass is 32.2. The van der Waals surface area contributed by atoms with Crippen LogP contribution in [0.4, 0.5) is 13.2 Å². The first-order valence-corrected chi connectivity index (χ1v) is 7.08. The molecule has 0 unspecified atom stereocenters. The normalized spacial score (nSPS) is 12.2. The molecule has 0 atom stereocenters. The fourth-order valence-electron chi connectivity index (χ4n) is 1.40. The molecule has 0 amide bonds. The van der Waals surface area contributed by atoms with E-state index < -0.39 is 28.2 Å². The van der Waals surface area contributed by atoms with Crippen molar-refractivity contribution < 1.29 is 26.3 Å². The van der Waals surface area contributed by atoms with E-state index in [9.17, 15) is 21.6 Å². The highest BCUT2D eigenvalue weighted by Crippen LogP contribution is 2.24. The molecular formula is C11H15F3N2O3S. The fourth-order valence-corrected chi connectivity index (χ4v) is 2.59. The molecule has 0 bridgehead atoms. The molecule has 20 heavy (non-hydrogen) atoms. The Kier molecular flexibility index (Phi) is 5.78. The van der Waals surface area contributed by atoms with Crippen LogP contribution in [0.25, 0.3) is 0 Å². The van der Waals surface area contributed by atoms with Gasteiger partial charge in [0.25, 0.3) is 0 Å². The maximum absolute atomic E-state index is 13.5. The quantitative estimate of drug-likeness (QED) is 0.824. The Morgan fingerprint density at radius 2 is 2.05 bits per heavy atom. The Labute approximate surface area is 115 Å². The van der Waals surface area contributed by atoms with E-state index in [4.69, 9.17) is 0 Å². The van der Waals surface area contributed by atoms with Gasteiger partial charge < -0.3 is 10.1 Å². The van der Waals surface area contributed by atoms with E-state index >= 15 is 0 Å². The Morgan fingerprint density at radius 1 is 1.40 bits per heavy atom. The molecule has 9 heteroatoms. The molecule has 114 valence electrons. The van der Waals surface area contributed by atoms with Gasteiger partial charge in [-0.15, -0.1) is 0 Å². The molecule has 0 aliphatic carbocycles. The summed E-state index contributed by atoms with van der Waals surface area (Å²) in [5.74, 6) is -1.86. The zero-order chi connectivity index (χ0) is 15.3. The summed E-state index contributed by atoms with van der Waals surface area (Å²) in [6.07, 6.45) is 0. The third-order valence-electron chi connectivity index (χ3n) is 2.50. The van der Waals surface area contributed by atoms with E-state index in [0.29, 0.717) is 12.6 Å². The minimum absolute atomic E-state index is 0.190. The van der Waals surface area contributed by atoms with Crippen LogP contribution in [-0.2, 0) is 10.0 Å². The van der Waals surface area contributed by atoms with Crippen LogP contribution in [-0.4, -0.2) is 46.5 Å². The lowest BCUT2D eigenvalue weighted by Gasteiger charge is -2.17. The summed E-state index contributed by atoms with van der Waals surface area (Å²) in [6.45, 7) is -2.56. The average Bonchev–Trinajstić information content (AvgIpc) is 2.37. The summed E-state index contributed by atoms with van der Waals surface area (Å²) in [6, 6.07) is 2.54. The molecule has 1 aromatic carbocycles. The predicted molar refractivity (Wildman–Crippen MR) is 66.8 cm³/mol. The number of rotatable bonds is 7. The lowest BCUT2D eigenvalue weighted by atomic mass is 10.3. The number of hydrogen-bond acceptors (Lipinski definition) is 4. The van der Waals surface area contributed by atoms with Crippen molar-refractivity contribution in [3.63, 3.8) is 0 Å². The van der Waals surface area contributed by atoms with Gasteiger partial charge in [0.05, 0.1) is 4.90 Å². The third kappa shape index (κ3) is 4.09. The molecule has 0 heterocycles. The predicted octanol–water partition coefficient (Wildman–Crippen LogP) is 1.27. The lowest BCUT2D eigenvalue weighted by Crippen LogP contribution is -2.32. The van der Waals surface area contributed by atoms with E-state index in [-0.39, 0.29) is 11.4 Å². The van der Waals surface area contributed by atoms with Gasteiger partial charge in [0.2, 0.25) is 10.0 Å². The number of nitrogens with zero attached hydrogens (tertiary/aromatic N) is 1. The van der Waals surface area contributed by atoms with Crippen LogP contribution in [0.5, 0.6) is 5.75 Å². The zero-order valence-corrected chi connectivity index (χ0v) is 11.8. The molecular weight excluding hydrogens is 297 g/mol. The maximum atomic E-state index is 13.5. The van der Waals surface area contributed by atoms with Crippen molar-refractivity contribution in [1.82, 2.24) is 9.62 Å². The SMILES string of the molecule is CNCCN(C)S(=O)(=O)c1ccc(OC(F)F)c(F)c1. The first-order valence-electron chi connectivity index (χ1n) is 5.64. The summed E-state index contributed by atoms with van der Waals surface area (Å²) in [5.41, 5.74) is 0. The highest BCUT2D eigenvalue weighted by molar-refractivity contribution is 7.89. The summed E-state index contributed by atoms with van der Waals surface area (Å²) >= 11 is 0. The van der Waals surface area contributed by atoms with Crippen LogP contribution in [0.3, 0.4) is 0 Å². The first kappa shape index (κ1) is 16.7. The maximum Gasteiger partial charge on any atom is 0.387 e. The molecule has 1 rings (SSSR count). The molecule has 0 aliphatic heterocycles. The number of nitrogens with one attached hydrogen (secondary N) is 1. The summed E-state index contributed by atoms with van der Waals surface area (Å²) in [5, 5.41) is 2.78. The minimum atomic E-state index is -3.87. The van der Waals surface area contributed by atoms with Crippen molar-refractivity contribution in [2.24, 2.45) is 0 Å². The molecule has 0 fully saturated rings. The molecule has 5 nitrogen and oxygen atoms in total. The van der Waals surface area contributed by atoms with Gasteiger partial charge in [-0.3, -0.25) is 0 Å². The van der Waals surface area contributed by atoms with Crippen molar-refractivity contribution in [3.05, 3.63) is 24.0 Å². The van der Waals surface area contributed by atoms with Crippen molar-refractivity contribution in [1.29, 1.82) is 0 Å². The third-order valence-corrected chi connectivity index (χ3v) is 4.36. The van der Waals surface area contributed by atoms with Gasteiger partial charge in [-0.1, -0.05) is 0 Å². The van der Waals surface area contributed by atoms with Gasteiger partial charge in [-0.2, -0.15) is 13.1 Å². The zero-order valence-electron chi connectivity index (χ0n) is 10.9. The Hall–Kier alpha value is -1.32. The van der Waals surface area contributed by atoms with Crippen LogP contribution >= 0.6 is 0 Å². The van der Waals surface area contributed by atoms with Crippen LogP contribution in [0, 0.1) is 5.82 Å². The monoisotopic (exact) mass is 312 g/mol. The molecule has 0 aliphatic rings. The number of alkyl halides is 2. The van der Waals surface area contributed by atoms with E-state index in [1.165, 1.54) is 7.05 Å². The number of ether oxygens (including phenoxy) is 1. The number of halogens is 3. The molecule has 1 N–H and O–H groups in total. The summed E-state index contributed by atoms with van der Waals surface area (Å²) in [4.78, 5) is -0.324. The van der Waals surface area contributed by atoms with Gasteiger partial charge in [-0.25, -0.2) is 12.8 Å². The van der Waals surface area contributed by atoms with E-state index in [1.807, 2.05) is 0 Å². The van der Waals surface area contributed by atoms with Crippen LogP contribution in [0.15, 0.2) is 23.1 Å². The second kappa shape index (κ2) is 6.91. The van der Waals surface area contributed by atoms with Crippen molar-refractivity contribution in [3.8, 4) is 5.75 Å². The van der Waals surface area contributed by atoms with Gasteiger partial charge in [0.15, 0.2) is 11.6 Å². The smallest absolute Gasteiger partial charge is 0.387 e. The van der Waals surface area contributed by atoms with Gasteiger partial charge in [-0.05, 0) is 25.2 Å². The Balaban J connectivity index is 2.99. The summed E-state index contributed by atoms with van der Waals surface area (Å²) in [7, 11) is -0.864. The number of benzene rings is 1. The van der Waals surface area contributed by atoms with Crippen LogP contribution < -0.4 is 10.1 Å². The van der Waals surface area contributed by atoms with Crippen LogP contribution in [0.1, 0.15) is 0 Å². The van der Waals surface area contributed by atoms with Gasteiger partial charge in [0.1, 0.15) is 0 Å². The number of hydrogen-bond donors (Lipinski definition) is 1. The Morgan fingerprint density at radius 3 is 2.55 bits per heavy atom. The molecule has 0 saturated carbocycles. The molecule has 0 spiro atoms. The minimum Gasteiger partial charge on any atom is -0.432 e. The lowest BCUT2D eigenvalue weighted by molar-refractivity contribution is -0.0522. The first-order chi connectivity index (χ1) is 9.28. The molecule has 0 radical (unpaired) electrons. The van der Waals surface area contributed by atoms with Crippen molar-refractivity contribution in [2.75, 3.05) is 27.2 Å². The van der Waals surface area contributed by atoms with E-state index in [0.717, 1.165) is 16.4 Å². The van der Waals surface area contributed by atoms with Crippen molar-refractivity contribution >= 4 is 10.0 Å². The van der Waals surface area contributed by atoms with E-state index in [2.05, 4.69) is 10.1 Å². The number of likely N-dealkylation sites (N-methyl/N-ethyl adjacent to an activating group) is 2. The largest absolute Gasteiger partial charge is 0.432 e. The molecule has 0 aromatic heterocycles. The van der Waals surface area contributed by atoms with E-state index in [1.54, 1.807) is 7.05 Å². The summed E-state index contributed by atoms with van der Waals surface area (Å²) < 4.78 is 66.5. The van der Waals surface area contributed by atoms with Crippen molar-refractivity contribution in [2.45, 2.75) is 11.5 Å². The van der Waals surface area contributed by atoms with Crippen LogP contribution in [0.2, 0.25) is 0 Å². The van der Waals surface area contributed by atoms with Gasteiger partial charge >= 0.3 is 6.61 Å². The topological polar surface area (TPSA) is 58.6 Å².